The van der Waals surface area contributed by atoms with E-state index in [0.29, 0.717) is 23.6 Å². The van der Waals surface area contributed by atoms with Crippen molar-refractivity contribution in [1.29, 1.82) is 0 Å². The number of thioether (sulfide) groups is 1. The Morgan fingerprint density at radius 2 is 1.76 bits per heavy atom. The van der Waals surface area contributed by atoms with Crippen LogP contribution in [-0.2, 0) is 21.5 Å². The van der Waals surface area contributed by atoms with Gasteiger partial charge in [0, 0.05) is 11.4 Å². The summed E-state index contributed by atoms with van der Waals surface area (Å²) < 4.78 is 42.8. The molecule has 0 saturated heterocycles. The smallest absolute Gasteiger partial charge is 0.416 e. The number of benzene rings is 2. The van der Waals surface area contributed by atoms with Gasteiger partial charge in [0.25, 0.3) is 0 Å². The Morgan fingerprint density at radius 1 is 1.12 bits per heavy atom. The van der Waals surface area contributed by atoms with Crippen molar-refractivity contribution in [2.75, 3.05) is 18.1 Å². The molecule has 2 rings (SSSR count). The van der Waals surface area contributed by atoms with Crippen molar-refractivity contribution in [3.8, 4) is 11.1 Å². The Labute approximate surface area is 148 Å². The molecule has 0 amide bonds. The Hall–Kier alpha value is -2.15. The molecule has 25 heavy (non-hydrogen) atoms. The standard InChI is InChI=1S/C18H18F3NO2S/c1-2-24-17(23)11-25-10-14-9-13(5-8-16(14)22)12-3-6-15(7-4-12)18(19,20)21/h3-9H,2,10-11,22H2,1H3. The Bertz CT molecular complexity index is 730. The zero-order chi connectivity index (χ0) is 18.4. The first-order valence-electron chi connectivity index (χ1n) is 7.60. The van der Waals surface area contributed by atoms with Crippen LogP contribution >= 0.6 is 11.8 Å². The highest BCUT2D eigenvalue weighted by Gasteiger charge is 2.29. The zero-order valence-corrected chi connectivity index (χ0v) is 14.4. The van der Waals surface area contributed by atoms with Crippen molar-refractivity contribution in [2.24, 2.45) is 0 Å². The quantitative estimate of drug-likeness (QED) is 0.590. The summed E-state index contributed by atoms with van der Waals surface area (Å²) in [5.41, 5.74) is 8.11. The number of hydrogen-bond donors (Lipinski definition) is 1. The number of anilines is 1. The molecule has 0 bridgehead atoms. The number of halogens is 3. The minimum Gasteiger partial charge on any atom is -0.465 e. The van der Waals surface area contributed by atoms with E-state index in [4.69, 9.17) is 10.5 Å². The molecule has 0 unspecified atom stereocenters. The highest BCUT2D eigenvalue weighted by atomic mass is 32.2. The van der Waals surface area contributed by atoms with E-state index < -0.39 is 11.7 Å². The van der Waals surface area contributed by atoms with Crippen LogP contribution in [0.25, 0.3) is 11.1 Å². The van der Waals surface area contributed by atoms with Gasteiger partial charge >= 0.3 is 12.1 Å². The van der Waals surface area contributed by atoms with Crippen molar-refractivity contribution in [3.63, 3.8) is 0 Å². The average molecular weight is 369 g/mol. The molecule has 2 N–H and O–H groups in total. The molecule has 0 spiro atoms. The predicted molar refractivity (Wildman–Crippen MR) is 94.1 cm³/mol. The first-order valence-corrected chi connectivity index (χ1v) is 8.76. The van der Waals surface area contributed by atoms with Crippen molar-refractivity contribution in [2.45, 2.75) is 18.9 Å². The molecule has 134 valence electrons. The van der Waals surface area contributed by atoms with Crippen molar-refractivity contribution >= 4 is 23.4 Å². The number of esters is 1. The van der Waals surface area contributed by atoms with Gasteiger partial charge in [0.2, 0.25) is 0 Å². The summed E-state index contributed by atoms with van der Waals surface area (Å²) >= 11 is 1.37. The van der Waals surface area contributed by atoms with Crippen LogP contribution in [0.3, 0.4) is 0 Å². The Kier molecular flexibility index (Phi) is 6.36. The molecule has 0 aliphatic carbocycles. The maximum absolute atomic E-state index is 12.6. The molecule has 0 saturated carbocycles. The van der Waals surface area contributed by atoms with Crippen LogP contribution < -0.4 is 5.73 Å². The molecule has 2 aromatic carbocycles. The highest BCUT2D eigenvalue weighted by Crippen LogP contribution is 2.32. The normalized spacial score (nSPS) is 11.4. The number of nitrogen functional groups attached to an aromatic ring is 1. The minimum atomic E-state index is -4.35. The lowest BCUT2D eigenvalue weighted by molar-refractivity contribution is -0.140. The molecule has 0 radical (unpaired) electrons. The number of alkyl halides is 3. The van der Waals surface area contributed by atoms with E-state index >= 15 is 0 Å². The third-order valence-corrected chi connectivity index (χ3v) is 4.43. The highest BCUT2D eigenvalue weighted by molar-refractivity contribution is 7.99. The van der Waals surface area contributed by atoms with Crippen molar-refractivity contribution < 1.29 is 22.7 Å². The van der Waals surface area contributed by atoms with Gasteiger partial charge in [-0.25, -0.2) is 0 Å². The maximum atomic E-state index is 12.6. The average Bonchev–Trinajstić information content (AvgIpc) is 2.56. The van der Waals surface area contributed by atoms with Crippen LogP contribution in [0.1, 0.15) is 18.1 Å². The summed E-state index contributed by atoms with van der Waals surface area (Å²) in [4.78, 5) is 11.4. The largest absolute Gasteiger partial charge is 0.465 e. The van der Waals surface area contributed by atoms with Gasteiger partial charge in [-0.15, -0.1) is 11.8 Å². The summed E-state index contributed by atoms with van der Waals surface area (Å²) in [5, 5.41) is 0. The number of ether oxygens (including phenoxy) is 1. The van der Waals surface area contributed by atoms with Gasteiger partial charge in [-0.1, -0.05) is 18.2 Å². The summed E-state index contributed by atoms with van der Waals surface area (Å²) in [6.45, 7) is 2.08. The zero-order valence-electron chi connectivity index (χ0n) is 13.6. The van der Waals surface area contributed by atoms with Gasteiger partial charge in [-0.3, -0.25) is 4.79 Å². The lowest BCUT2D eigenvalue weighted by Crippen LogP contribution is -2.07. The fourth-order valence-electron chi connectivity index (χ4n) is 2.21. The van der Waals surface area contributed by atoms with Gasteiger partial charge in [0.05, 0.1) is 17.9 Å². The van der Waals surface area contributed by atoms with E-state index in [1.54, 1.807) is 19.1 Å². The van der Waals surface area contributed by atoms with E-state index in [1.165, 1.54) is 23.9 Å². The first-order chi connectivity index (χ1) is 11.8. The molecule has 0 aromatic heterocycles. The molecule has 0 atom stereocenters. The third kappa shape index (κ3) is 5.42. The second-order valence-electron chi connectivity index (χ2n) is 5.29. The number of nitrogens with two attached hydrogens (primary N) is 1. The van der Waals surface area contributed by atoms with E-state index in [2.05, 4.69) is 0 Å². The van der Waals surface area contributed by atoms with Crippen LogP contribution in [0.5, 0.6) is 0 Å². The fourth-order valence-corrected chi connectivity index (χ4v) is 3.03. The van der Waals surface area contributed by atoms with Crippen LogP contribution in [0.2, 0.25) is 0 Å². The molecule has 0 aliphatic heterocycles. The lowest BCUT2D eigenvalue weighted by Gasteiger charge is -2.11. The second-order valence-corrected chi connectivity index (χ2v) is 6.27. The Balaban J connectivity index is 2.11. The van der Waals surface area contributed by atoms with E-state index in [1.807, 2.05) is 6.07 Å². The van der Waals surface area contributed by atoms with Crippen LogP contribution in [-0.4, -0.2) is 18.3 Å². The van der Waals surface area contributed by atoms with Crippen molar-refractivity contribution in [3.05, 3.63) is 53.6 Å². The summed E-state index contributed by atoms with van der Waals surface area (Å²) in [7, 11) is 0. The minimum absolute atomic E-state index is 0.220. The Morgan fingerprint density at radius 3 is 2.36 bits per heavy atom. The van der Waals surface area contributed by atoms with E-state index in [0.717, 1.165) is 23.3 Å². The van der Waals surface area contributed by atoms with Gasteiger partial charge in [-0.05, 0) is 47.9 Å². The summed E-state index contributed by atoms with van der Waals surface area (Å²) in [6, 6.07) is 10.3. The van der Waals surface area contributed by atoms with Crippen LogP contribution in [0.4, 0.5) is 18.9 Å². The predicted octanol–water partition coefficient (Wildman–Crippen LogP) is 4.75. The summed E-state index contributed by atoms with van der Waals surface area (Å²) in [5.74, 6) is 0.446. The van der Waals surface area contributed by atoms with Gasteiger partial charge in [0.15, 0.2) is 0 Å². The topological polar surface area (TPSA) is 52.3 Å². The van der Waals surface area contributed by atoms with Gasteiger partial charge < -0.3 is 10.5 Å². The lowest BCUT2D eigenvalue weighted by atomic mass is 10.0. The number of carbonyl (C=O) groups is 1. The molecule has 7 heteroatoms. The first kappa shape index (κ1) is 19.2. The van der Waals surface area contributed by atoms with Crippen molar-refractivity contribution in [1.82, 2.24) is 0 Å². The van der Waals surface area contributed by atoms with E-state index in [9.17, 15) is 18.0 Å². The molecular weight excluding hydrogens is 351 g/mol. The molecule has 0 heterocycles. The molecular formula is C18H18F3NO2S. The monoisotopic (exact) mass is 369 g/mol. The second kappa shape index (κ2) is 8.29. The molecule has 3 nitrogen and oxygen atoms in total. The number of carbonyl (C=O) groups excluding carboxylic acids is 1. The molecule has 0 fully saturated rings. The SMILES string of the molecule is CCOC(=O)CSCc1cc(-c2ccc(C(F)(F)F)cc2)ccc1N. The van der Waals surface area contributed by atoms with Gasteiger partial charge in [0.1, 0.15) is 0 Å². The van der Waals surface area contributed by atoms with Gasteiger partial charge in [-0.2, -0.15) is 13.2 Å². The third-order valence-electron chi connectivity index (χ3n) is 3.47. The number of rotatable bonds is 6. The van der Waals surface area contributed by atoms with Crippen LogP contribution in [0.15, 0.2) is 42.5 Å². The number of hydrogen-bond acceptors (Lipinski definition) is 4. The van der Waals surface area contributed by atoms with Crippen LogP contribution in [0, 0.1) is 0 Å². The summed E-state index contributed by atoms with van der Waals surface area (Å²) in [6.07, 6.45) is -4.35. The molecule has 0 aliphatic rings. The van der Waals surface area contributed by atoms with E-state index in [-0.39, 0.29) is 11.7 Å². The molecule has 2 aromatic rings. The fraction of sp³-hybridized carbons (Fsp3) is 0.278. The maximum Gasteiger partial charge on any atom is 0.416 e.